The molecule has 0 saturated carbocycles. The van der Waals surface area contributed by atoms with Crippen molar-refractivity contribution in [3.63, 3.8) is 0 Å². The molecule has 0 aromatic carbocycles. The highest BCUT2D eigenvalue weighted by Gasteiger charge is 2.22. The molecule has 0 spiro atoms. The third-order valence-electron chi connectivity index (χ3n) is 2.90. The molecule has 2 rings (SSSR count). The minimum absolute atomic E-state index is 0.0758. The first kappa shape index (κ1) is 19.2. The summed E-state index contributed by atoms with van der Waals surface area (Å²) in [5.74, 6) is -3.88. The van der Waals surface area contributed by atoms with Crippen LogP contribution in [0.1, 0.15) is 19.0 Å². The van der Waals surface area contributed by atoms with Crippen molar-refractivity contribution in [1.82, 2.24) is 15.0 Å². The molecule has 0 aliphatic heterocycles. The predicted molar refractivity (Wildman–Crippen MR) is 87.7 cm³/mol. The lowest BCUT2D eigenvalue weighted by Gasteiger charge is -2.10. The Balaban J connectivity index is 2.00. The average molecular weight is 365 g/mol. The van der Waals surface area contributed by atoms with Crippen LogP contribution in [0, 0.1) is 5.41 Å². The summed E-state index contributed by atoms with van der Waals surface area (Å²) in [6.45, 7) is -0.153. The number of carbonyl (C=O) groups excluding carboxylic acids is 1. The smallest absolute Gasteiger partial charge is 0.316 e. The van der Waals surface area contributed by atoms with E-state index in [1.807, 2.05) is 0 Å². The van der Waals surface area contributed by atoms with E-state index < -0.39 is 18.5 Å². The molecule has 0 aliphatic carbocycles. The van der Waals surface area contributed by atoms with Gasteiger partial charge >= 0.3 is 12.0 Å². The molecule has 0 saturated heterocycles. The number of esters is 1. The number of rotatable bonds is 8. The summed E-state index contributed by atoms with van der Waals surface area (Å²) in [4.78, 5) is 23.4. The van der Waals surface area contributed by atoms with Crippen LogP contribution in [0.4, 0.5) is 8.78 Å². The number of carbonyl (C=O) groups is 1. The molecule has 3 N–H and O–H groups in total. The van der Waals surface area contributed by atoms with Crippen LogP contribution in [0.2, 0.25) is 0 Å². The number of pyridine rings is 1. The van der Waals surface area contributed by atoms with Crippen molar-refractivity contribution in [3.05, 3.63) is 36.3 Å². The number of hydrogen-bond acceptors (Lipinski definition) is 7. The number of nitrogens with two attached hydrogens (primary N) is 1. The molecule has 0 unspecified atom stereocenters. The van der Waals surface area contributed by atoms with E-state index in [2.05, 4.69) is 15.0 Å². The number of alkyl halides is 2. The lowest BCUT2D eigenvalue weighted by atomic mass is 10.2. The van der Waals surface area contributed by atoms with E-state index in [4.69, 9.17) is 20.6 Å². The molecule has 0 atom stereocenters. The fourth-order valence-corrected chi connectivity index (χ4v) is 1.80. The summed E-state index contributed by atoms with van der Waals surface area (Å²) in [6, 6.07) is 4.90. The number of amidine groups is 1. The van der Waals surface area contributed by atoms with Crippen LogP contribution in [0.3, 0.4) is 0 Å². The van der Waals surface area contributed by atoms with E-state index in [1.165, 1.54) is 12.4 Å². The van der Waals surface area contributed by atoms with Gasteiger partial charge in [0, 0.05) is 24.9 Å². The van der Waals surface area contributed by atoms with Crippen molar-refractivity contribution in [2.24, 2.45) is 5.73 Å². The van der Waals surface area contributed by atoms with Crippen LogP contribution in [-0.4, -0.2) is 39.3 Å². The van der Waals surface area contributed by atoms with Gasteiger partial charge in [0.15, 0.2) is 6.61 Å². The minimum Gasteiger partial charge on any atom is -0.459 e. The predicted octanol–water partition coefficient (Wildman–Crippen LogP) is 1.94. The molecule has 138 valence electrons. The molecule has 2 heterocycles. The minimum atomic E-state index is -2.97. The van der Waals surface area contributed by atoms with Crippen molar-refractivity contribution in [2.75, 3.05) is 6.61 Å². The van der Waals surface area contributed by atoms with E-state index in [-0.39, 0.29) is 24.9 Å². The molecule has 2 aromatic heterocycles. The van der Waals surface area contributed by atoms with Gasteiger partial charge < -0.3 is 15.2 Å². The SMILES string of the molecule is CC(F)(F)COc1ncc(-c2cccc(COC(=O)CC(=N)N)n2)cn1. The van der Waals surface area contributed by atoms with Crippen LogP contribution in [0.15, 0.2) is 30.6 Å². The van der Waals surface area contributed by atoms with Crippen LogP contribution < -0.4 is 10.5 Å². The maximum absolute atomic E-state index is 12.8. The zero-order valence-corrected chi connectivity index (χ0v) is 13.9. The Morgan fingerprint density at radius 2 is 2.00 bits per heavy atom. The number of nitrogens with one attached hydrogen (secondary N) is 1. The van der Waals surface area contributed by atoms with Gasteiger partial charge in [-0.2, -0.15) is 0 Å². The largest absolute Gasteiger partial charge is 0.459 e. The number of halogens is 2. The summed E-state index contributed by atoms with van der Waals surface area (Å²) in [7, 11) is 0. The molecule has 0 fully saturated rings. The highest BCUT2D eigenvalue weighted by molar-refractivity contribution is 5.94. The fourth-order valence-electron chi connectivity index (χ4n) is 1.80. The lowest BCUT2D eigenvalue weighted by Crippen LogP contribution is -2.21. The second-order valence-electron chi connectivity index (χ2n) is 5.49. The normalized spacial score (nSPS) is 11.0. The van der Waals surface area contributed by atoms with Gasteiger partial charge in [-0.25, -0.2) is 23.7 Å². The molecule has 26 heavy (non-hydrogen) atoms. The molecule has 8 nitrogen and oxygen atoms in total. The summed E-state index contributed by atoms with van der Waals surface area (Å²) in [5.41, 5.74) is 6.65. The van der Waals surface area contributed by atoms with Crippen molar-refractivity contribution < 1.29 is 23.0 Å². The molecule has 0 radical (unpaired) electrons. The van der Waals surface area contributed by atoms with E-state index in [0.717, 1.165) is 6.92 Å². The van der Waals surface area contributed by atoms with E-state index in [1.54, 1.807) is 18.2 Å². The maximum atomic E-state index is 12.8. The number of nitrogens with zero attached hydrogens (tertiary/aromatic N) is 3. The highest BCUT2D eigenvalue weighted by atomic mass is 19.3. The Kier molecular flexibility index (Phi) is 6.10. The second kappa shape index (κ2) is 8.28. The summed E-state index contributed by atoms with van der Waals surface area (Å²) < 4.78 is 35.3. The van der Waals surface area contributed by atoms with Crippen LogP contribution >= 0.6 is 0 Å². The summed E-state index contributed by atoms with van der Waals surface area (Å²) in [5, 5.41) is 7.03. The second-order valence-corrected chi connectivity index (χ2v) is 5.49. The fraction of sp³-hybridized carbons (Fsp3) is 0.312. The van der Waals surface area contributed by atoms with Crippen molar-refractivity contribution in [3.8, 4) is 17.3 Å². The van der Waals surface area contributed by atoms with Gasteiger partial charge in [0.2, 0.25) is 0 Å². The molecule has 0 amide bonds. The van der Waals surface area contributed by atoms with Gasteiger partial charge in [-0.15, -0.1) is 0 Å². The average Bonchev–Trinajstić information content (AvgIpc) is 2.58. The first-order valence-corrected chi connectivity index (χ1v) is 7.50. The van der Waals surface area contributed by atoms with Crippen LogP contribution in [-0.2, 0) is 16.1 Å². The Morgan fingerprint density at radius 1 is 1.31 bits per heavy atom. The van der Waals surface area contributed by atoms with Gasteiger partial charge in [0.05, 0.1) is 11.4 Å². The highest BCUT2D eigenvalue weighted by Crippen LogP contribution is 2.18. The maximum Gasteiger partial charge on any atom is 0.316 e. The zero-order valence-electron chi connectivity index (χ0n) is 13.9. The molecular formula is C16H17F2N5O3. The van der Waals surface area contributed by atoms with Gasteiger partial charge in [-0.1, -0.05) is 6.07 Å². The van der Waals surface area contributed by atoms with Crippen LogP contribution in [0.5, 0.6) is 6.01 Å². The summed E-state index contributed by atoms with van der Waals surface area (Å²) in [6.07, 6.45) is 2.50. The van der Waals surface area contributed by atoms with Gasteiger partial charge in [-0.3, -0.25) is 10.2 Å². The third kappa shape index (κ3) is 6.38. The molecule has 10 heteroatoms. The Morgan fingerprint density at radius 3 is 2.62 bits per heavy atom. The topological polar surface area (TPSA) is 124 Å². The molecule has 2 aromatic rings. The third-order valence-corrected chi connectivity index (χ3v) is 2.90. The first-order valence-electron chi connectivity index (χ1n) is 7.50. The van der Waals surface area contributed by atoms with E-state index in [9.17, 15) is 13.6 Å². The van der Waals surface area contributed by atoms with E-state index >= 15 is 0 Å². The molecule has 0 aliphatic rings. The van der Waals surface area contributed by atoms with Gasteiger partial charge in [0.25, 0.3) is 5.92 Å². The Bertz CT molecular complexity index is 778. The van der Waals surface area contributed by atoms with Crippen molar-refractivity contribution in [1.29, 1.82) is 5.41 Å². The Hall–Kier alpha value is -3.17. The lowest BCUT2D eigenvalue weighted by molar-refractivity contribution is -0.143. The molecule has 0 bridgehead atoms. The summed E-state index contributed by atoms with van der Waals surface area (Å²) >= 11 is 0. The number of ether oxygens (including phenoxy) is 2. The van der Waals surface area contributed by atoms with Crippen molar-refractivity contribution >= 4 is 11.8 Å². The van der Waals surface area contributed by atoms with Gasteiger partial charge in [0.1, 0.15) is 18.9 Å². The quantitative estimate of drug-likeness (QED) is 0.416. The van der Waals surface area contributed by atoms with Gasteiger partial charge in [-0.05, 0) is 12.1 Å². The Labute approximate surface area is 147 Å². The standard InChI is InChI=1S/C16H17F2N5O3/c1-16(17,18)9-26-15-21-6-10(7-22-15)12-4-2-3-11(23-12)8-25-14(24)5-13(19)20/h2-4,6-7H,5,8-9H2,1H3,(H3,19,20). The zero-order chi connectivity index (χ0) is 19.2. The van der Waals surface area contributed by atoms with Crippen LogP contribution in [0.25, 0.3) is 11.3 Å². The molecular weight excluding hydrogens is 348 g/mol. The van der Waals surface area contributed by atoms with Crippen molar-refractivity contribution in [2.45, 2.75) is 25.9 Å². The monoisotopic (exact) mass is 365 g/mol. The number of aromatic nitrogens is 3. The number of hydrogen-bond donors (Lipinski definition) is 2. The van der Waals surface area contributed by atoms with E-state index in [0.29, 0.717) is 17.0 Å². The first-order chi connectivity index (χ1) is 12.2.